The molecule has 0 amide bonds. The van der Waals surface area contributed by atoms with E-state index in [4.69, 9.17) is 4.99 Å². The van der Waals surface area contributed by atoms with Crippen molar-refractivity contribution < 1.29 is 4.79 Å². The molecule has 0 bridgehead atoms. The van der Waals surface area contributed by atoms with E-state index in [9.17, 15) is 4.79 Å². The maximum absolute atomic E-state index is 12.2. The van der Waals surface area contributed by atoms with Crippen molar-refractivity contribution in [3.05, 3.63) is 28.8 Å². The lowest BCUT2D eigenvalue weighted by Gasteiger charge is -2.41. The van der Waals surface area contributed by atoms with Crippen LogP contribution in [0.5, 0.6) is 0 Å². The SMILES string of the molecule is CC(=O)c1cc(C)cc2c1N=C(N1CCC(C)(C)CC1)N1NNN=C21. The molecule has 25 heavy (non-hydrogen) atoms. The number of hydrogen-bond acceptors (Lipinski definition) is 7. The lowest BCUT2D eigenvalue weighted by molar-refractivity contribution is 0.101. The topological polar surface area (TPSA) is 72.3 Å². The molecule has 3 aliphatic heterocycles. The predicted molar refractivity (Wildman–Crippen MR) is 97.5 cm³/mol. The lowest BCUT2D eigenvalue weighted by atomic mass is 9.83. The number of aliphatic imine (C=N–C) groups is 1. The van der Waals surface area contributed by atoms with Gasteiger partial charge in [-0.2, -0.15) is 0 Å². The summed E-state index contributed by atoms with van der Waals surface area (Å²) in [6.07, 6.45) is 2.22. The Bertz CT molecular complexity index is 800. The van der Waals surface area contributed by atoms with Gasteiger partial charge >= 0.3 is 0 Å². The van der Waals surface area contributed by atoms with Crippen molar-refractivity contribution in [2.75, 3.05) is 13.1 Å². The number of rotatable bonds is 1. The maximum atomic E-state index is 12.2. The number of amidine groups is 1. The molecule has 0 atom stereocenters. The molecular formula is C18H24N6O. The standard InChI is InChI=1S/C18H24N6O/c1-11-9-13(12(2)25)15-14(10-11)16-20-21-22-24(16)17(19-15)23-7-5-18(3,4)6-8-23/h9-10,21-22H,5-8H2,1-4H3. The summed E-state index contributed by atoms with van der Waals surface area (Å²) in [5.41, 5.74) is 9.52. The minimum Gasteiger partial charge on any atom is -0.341 e. The van der Waals surface area contributed by atoms with Gasteiger partial charge in [0.1, 0.15) is 0 Å². The van der Waals surface area contributed by atoms with Gasteiger partial charge < -0.3 is 4.90 Å². The van der Waals surface area contributed by atoms with Gasteiger partial charge in [-0.1, -0.05) is 13.8 Å². The van der Waals surface area contributed by atoms with Crippen LogP contribution >= 0.6 is 0 Å². The van der Waals surface area contributed by atoms with Gasteiger partial charge in [-0.25, -0.2) is 15.5 Å². The van der Waals surface area contributed by atoms with Crippen LogP contribution in [0.15, 0.2) is 22.2 Å². The summed E-state index contributed by atoms with van der Waals surface area (Å²) < 4.78 is 0. The van der Waals surface area contributed by atoms with Crippen molar-refractivity contribution in [2.45, 2.75) is 40.5 Å². The summed E-state index contributed by atoms with van der Waals surface area (Å²) in [6, 6.07) is 3.94. The molecule has 1 aromatic rings. The highest BCUT2D eigenvalue weighted by atomic mass is 16.1. The van der Waals surface area contributed by atoms with Gasteiger partial charge in [0.05, 0.1) is 5.69 Å². The molecule has 132 valence electrons. The van der Waals surface area contributed by atoms with E-state index in [2.05, 4.69) is 34.9 Å². The van der Waals surface area contributed by atoms with Gasteiger partial charge in [0.2, 0.25) is 5.96 Å². The number of nitrogens with zero attached hydrogens (tertiary/aromatic N) is 4. The van der Waals surface area contributed by atoms with E-state index in [0.717, 1.165) is 54.5 Å². The largest absolute Gasteiger partial charge is 0.341 e. The molecule has 4 rings (SSSR count). The molecule has 7 heteroatoms. The van der Waals surface area contributed by atoms with Gasteiger partial charge in [0.15, 0.2) is 11.6 Å². The summed E-state index contributed by atoms with van der Waals surface area (Å²) in [7, 11) is 0. The van der Waals surface area contributed by atoms with Gasteiger partial charge in [-0.05, 0) is 49.8 Å². The number of carbonyl (C=O) groups excluding carboxylic acids is 1. The minimum absolute atomic E-state index is 0.0239. The molecule has 3 aliphatic rings. The second-order valence-corrected chi connectivity index (χ2v) is 7.82. The first-order chi connectivity index (χ1) is 11.9. The van der Waals surface area contributed by atoms with Gasteiger partial charge in [0.25, 0.3) is 0 Å². The second-order valence-electron chi connectivity index (χ2n) is 7.82. The summed E-state index contributed by atoms with van der Waals surface area (Å²) in [6.45, 7) is 10.1. The van der Waals surface area contributed by atoms with E-state index < -0.39 is 0 Å². The number of guanidine groups is 1. The summed E-state index contributed by atoms with van der Waals surface area (Å²) in [4.78, 5) is 19.3. The minimum atomic E-state index is 0.0239. The van der Waals surface area contributed by atoms with Crippen molar-refractivity contribution >= 4 is 23.3 Å². The highest BCUT2D eigenvalue weighted by Gasteiger charge is 2.37. The van der Waals surface area contributed by atoms with Crippen molar-refractivity contribution in [3.63, 3.8) is 0 Å². The Labute approximate surface area is 147 Å². The van der Waals surface area contributed by atoms with E-state index in [-0.39, 0.29) is 5.78 Å². The third-order valence-electron chi connectivity index (χ3n) is 5.22. The molecule has 2 N–H and O–H groups in total. The van der Waals surface area contributed by atoms with Crippen LogP contribution in [0.3, 0.4) is 0 Å². The molecule has 0 radical (unpaired) electrons. The van der Waals surface area contributed by atoms with Crippen molar-refractivity contribution in [2.24, 2.45) is 15.5 Å². The fourth-order valence-electron chi connectivity index (χ4n) is 3.57. The Morgan fingerprint density at radius 2 is 1.96 bits per heavy atom. The van der Waals surface area contributed by atoms with Crippen LogP contribution in [0.1, 0.15) is 55.1 Å². The normalized spacial score (nSPS) is 21.1. The highest BCUT2D eigenvalue weighted by Crippen LogP contribution is 2.35. The Kier molecular flexibility index (Phi) is 3.57. The fraction of sp³-hybridized carbons (Fsp3) is 0.500. The fourth-order valence-corrected chi connectivity index (χ4v) is 3.57. The van der Waals surface area contributed by atoms with E-state index >= 15 is 0 Å². The van der Waals surface area contributed by atoms with Crippen LogP contribution in [0.25, 0.3) is 0 Å². The number of hydrogen-bond donors (Lipinski definition) is 2. The number of carbonyl (C=O) groups is 1. The van der Waals surface area contributed by atoms with Crippen molar-refractivity contribution in [3.8, 4) is 0 Å². The number of hydrazine groups is 2. The molecule has 1 fully saturated rings. The molecule has 0 aromatic heterocycles. The van der Waals surface area contributed by atoms with Crippen LogP contribution in [0.2, 0.25) is 0 Å². The van der Waals surface area contributed by atoms with Gasteiger partial charge in [-0.3, -0.25) is 4.79 Å². The third-order valence-corrected chi connectivity index (χ3v) is 5.22. The first-order valence-electron chi connectivity index (χ1n) is 8.74. The Hall–Kier alpha value is -2.41. The molecule has 1 saturated heterocycles. The first kappa shape index (κ1) is 16.1. The number of piperidine rings is 1. The van der Waals surface area contributed by atoms with Crippen LogP contribution in [-0.2, 0) is 0 Å². The Morgan fingerprint density at radius 3 is 2.64 bits per heavy atom. The molecule has 0 saturated carbocycles. The molecule has 3 heterocycles. The number of hydrazone groups is 1. The smallest absolute Gasteiger partial charge is 0.224 e. The van der Waals surface area contributed by atoms with E-state index in [1.165, 1.54) is 0 Å². The first-order valence-corrected chi connectivity index (χ1v) is 8.74. The number of benzene rings is 1. The molecule has 7 nitrogen and oxygen atoms in total. The van der Waals surface area contributed by atoms with E-state index in [0.29, 0.717) is 11.0 Å². The average molecular weight is 340 g/mol. The average Bonchev–Trinajstić information content (AvgIpc) is 3.03. The summed E-state index contributed by atoms with van der Waals surface area (Å²) >= 11 is 0. The monoisotopic (exact) mass is 340 g/mol. The Morgan fingerprint density at radius 1 is 1.24 bits per heavy atom. The number of nitrogens with one attached hydrogen (secondary N) is 2. The van der Waals surface area contributed by atoms with Crippen LogP contribution in [0.4, 0.5) is 5.69 Å². The molecule has 0 unspecified atom stereocenters. The van der Waals surface area contributed by atoms with Gasteiger partial charge in [-0.15, -0.1) is 10.6 Å². The molecule has 1 aromatic carbocycles. The number of fused-ring (bicyclic) bond motifs is 3. The quantitative estimate of drug-likeness (QED) is 0.768. The highest BCUT2D eigenvalue weighted by molar-refractivity contribution is 6.18. The summed E-state index contributed by atoms with van der Waals surface area (Å²) in [5.74, 6) is 1.59. The zero-order valence-corrected chi connectivity index (χ0v) is 15.2. The van der Waals surface area contributed by atoms with Crippen molar-refractivity contribution in [1.82, 2.24) is 21.0 Å². The number of Topliss-reactive ketones (excluding diaryl/α,β-unsaturated/α-hetero) is 1. The third kappa shape index (κ3) is 2.68. The zero-order chi connectivity index (χ0) is 17.8. The van der Waals surface area contributed by atoms with E-state index in [1.54, 1.807) is 6.92 Å². The molecular weight excluding hydrogens is 316 g/mol. The second kappa shape index (κ2) is 5.56. The zero-order valence-electron chi connectivity index (χ0n) is 15.2. The number of likely N-dealkylation sites (tertiary alicyclic amines) is 1. The molecule has 0 spiro atoms. The molecule has 0 aliphatic carbocycles. The summed E-state index contributed by atoms with van der Waals surface area (Å²) in [5, 5.41) is 6.26. The lowest BCUT2D eigenvalue weighted by Crippen LogP contribution is -2.56. The number of aryl methyl sites for hydroxylation is 1. The van der Waals surface area contributed by atoms with E-state index in [1.807, 2.05) is 24.1 Å². The number of ketones is 1. The predicted octanol–water partition coefficient (Wildman–Crippen LogP) is 2.31. The van der Waals surface area contributed by atoms with Crippen LogP contribution < -0.4 is 11.1 Å². The Balaban J connectivity index is 1.81. The van der Waals surface area contributed by atoms with Gasteiger partial charge in [0, 0.05) is 24.2 Å². The maximum Gasteiger partial charge on any atom is 0.224 e. The van der Waals surface area contributed by atoms with Crippen molar-refractivity contribution in [1.29, 1.82) is 0 Å². The van der Waals surface area contributed by atoms with Crippen LogP contribution in [-0.4, -0.2) is 40.6 Å². The van der Waals surface area contributed by atoms with Crippen LogP contribution in [0, 0.1) is 12.3 Å².